The summed E-state index contributed by atoms with van der Waals surface area (Å²) in [5.74, 6) is -0.825. The summed E-state index contributed by atoms with van der Waals surface area (Å²) in [7, 11) is 0. The fourth-order valence-corrected chi connectivity index (χ4v) is 1.68. The molecule has 1 aromatic rings. The van der Waals surface area contributed by atoms with Gasteiger partial charge in [0.15, 0.2) is 0 Å². The summed E-state index contributed by atoms with van der Waals surface area (Å²) < 4.78 is 0.945. The third-order valence-corrected chi connectivity index (χ3v) is 3.40. The smallest absolute Gasteiger partial charge is 0.312 e. The number of rotatable bonds is 5. The fraction of sp³-hybridized carbons (Fsp3) is 0.364. The molecule has 0 saturated carbocycles. The predicted molar refractivity (Wildman–Crippen MR) is 69.1 cm³/mol. The van der Waals surface area contributed by atoms with Gasteiger partial charge < -0.3 is 10.4 Å². The van der Waals surface area contributed by atoms with Crippen LogP contribution in [-0.2, 0) is 4.79 Å². The van der Waals surface area contributed by atoms with Crippen LogP contribution >= 0.6 is 27.5 Å². The van der Waals surface area contributed by atoms with Crippen molar-refractivity contribution in [2.24, 2.45) is 5.41 Å². The second-order valence-corrected chi connectivity index (χ2v) is 5.05. The largest absolute Gasteiger partial charge is 0.481 e. The Morgan fingerprint density at radius 1 is 1.62 bits per heavy atom. The lowest BCUT2D eigenvalue weighted by atomic mass is 9.93. The van der Waals surface area contributed by atoms with Gasteiger partial charge in [0.25, 0.3) is 0 Å². The van der Waals surface area contributed by atoms with Crippen LogP contribution in [0.1, 0.15) is 6.92 Å². The van der Waals surface area contributed by atoms with Gasteiger partial charge in [0, 0.05) is 22.6 Å². The van der Waals surface area contributed by atoms with E-state index in [9.17, 15) is 4.79 Å². The van der Waals surface area contributed by atoms with Crippen LogP contribution in [-0.4, -0.2) is 23.5 Å². The highest BCUT2D eigenvalue weighted by Crippen LogP contribution is 2.21. The summed E-state index contributed by atoms with van der Waals surface area (Å²) in [4.78, 5) is 11.0. The molecule has 16 heavy (non-hydrogen) atoms. The van der Waals surface area contributed by atoms with E-state index in [2.05, 4.69) is 21.2 Å². The molecule has 0 aromatic heterocycles. The van der Waals surface area contributed by atoms with Crippen LogP contribution in [0, 0.1) is 5.41 Å². The van der Waals surface area contributed by atoms with Crippen molar-refractivity contribution in [3.8, 4) is 0 Å². The number of hydrogen-bond donors (Lipinski definition) is 2. The molecular weight excluding hydrogens is 293 g/mol. The maximum atomic E-state index is 11.0. The third-order valence-electron chi connectivity index (χ3n) is 2.32. The van der Waals surface area contributed by atoms with Crippen molar-refractivity contribution in [3.63, 3.8) is 0 Å². The van der Waals surface area contributed by atoms with E-state index in [1.807, 2.05) is 24.3 Å². The number of alkyl halides is 1. The number of benzene rings is 1. The van der Waals surface area contributed by atoms with E-state index in [4.69, 9.17) is 16.7 Å². The van der Waals surface area contributed by atoms with Gasteiger partial charge in [-0.2, -0.15) is 0 Å². The van der Waals surface area contributed by atoms with E-state index in [-0.39, 0.29) is 5.88 Å². The summed E-state index contributed by atoms with van der Waals surface area (Å²) in [6, 6.07) is 7.55. The minimum absolute atomic E-state index is 0.0728. The molecule has 0 radical (unpaired) electrons. The number of hydrogen-bond acceptors (Lipinski definition) is 2. The van der Waals surface area contributed by atoms with Crippen LogP contribution in [0.15, 0.2) is 28.7 Å². The van der Waals surface area contributed by atoms with E-state index in [0.717, 1.165) is 10.2 Å². The zero-order valence-corrected chi connectivity index (χ0v) is 11.2. The molecule has 0 amide bonds. The first-order valence-corrected chi connectivity index (χ1v) is 6.09. The predicted octanol–water partition coefficient (Wildman–Crippen LogP) is 3.19. The molecule has 0 aliphatic carbocycles. The highest BCUT2D eigenvalue weighted by Gasteiger charge is 2.31. The Morgan fingerprint density at radius 3 is 2.81 bits per heavy atom. The van der Waals surface area contributed by atoms with Gasteiger partial charge in [-0.25, -0.2) is 0 Å². The standard InChI is InChI=1S/C11H13BrClNO2/c1-11(6-13,10(15)16)7-14-9-4-2-3-8(12)5-9/h2-5,14H,6-7H2,1H3,(H,15,16). The Morgan fingerprint density at radius 2 is 2.31 bits per heavy atom. The molecule has 1 atom stereocenters. The average Bonchev–Trinajstić information content (AvgIpc) is 2.26. The second kappa shape index (κ2) is 5.55. The molecular formula is C11H13BrClNO2. The van der Waals surface area contributed by atoms with Crippen LogP contribution in [0.3, 0.4) is 0 Å². The SMILES string of the molecule is CC(CCl)(CNc1cccc(Br)c1)C(=O)O. The first kappa shape index (κ1) is 13.3. The molecule has 3 nitrogen and oxygen atoms in total. The van der Waals surface area contributed by atoms with E-state index >= 15 is 0 Å². The van der Waals surface area contributed by atoms with Gasteiger partial charge in [0.05, 0.1) is 5.41 Å². The Kier molecular flexibility index (Phi) is 4.62. The normalized spacial score (nSPS) is 14.2. The van der Waals surface area contributed by atoms with E-state index in [0.29, 0.717) is 6.54 Å². The number of nitrogens with one attached hydrogen (secondary N) is 1. The Balaban J connectivity index is 2.66. The first-order valence-electron chi connectivity index (χ1n) is 4.77. The summed E-state index contributed by atoms with van der Waals surface area (Å²) in [6.45, 7) is 1.91. The number of anilines is 1. The summed E-state index contributed by atoms with van der Waals surface area (Å²) in [5, 5.41) is 12.1. The van der Waals surface area contributed by atoms with Crippen molar-refractivity contribution < 1.29 is 9.90 Å². The summed E-state index contributed by atoms with van der Waals surface area (Å²) in [5.41, 5.74) is -0.0869. The van der Waals surface area contributed by atoms with Gasteiger partial charge in [-0.15, -0.1) is 11.6 Å². The summed E-state index contributed by atoms with van der Waals surface area (Å²) >= 11 is 9.02. The van der Waals surface area contributed by atoms with E-state index in [1.165, 1.54) is 0 Å². The lowest BCUT2D eigenvalue weighted by Crippen LogP contribution is -2.36. The van der Waals surface area contributed by atoms with Crippen LogP contribution in [0.25, 0.3) is 0 Å². The quantitative estimate of drug-likeness (QED) is 0.821. The molecule has 1 rings (SSSR count). The number of carboxylic acids is 1. The van der Waals surface area contributed by atoms with Crippen LogP contribution in [0.4, 0.5) is 5.69 Å². The molecule has 0 aliphatic rings. The molecule has 5 heteroatoms. The van der Waals surface area contributed by atoms with Crippen molar-refractivity contribution in [2.75, 3.05) is 17.7 Å². The molecule has 88 valence electrons. The van der Waals surface area contributed by atoms with Crippen molar-refractivity contribution in [3.05, 3.63) is 28.7 Å². The molecule has 1 aromatic carbocycles. The molecule has 1 unspecified atom stereocenters. The number of aliphatic carboxylic acids is 1. The highest BCUT2D eigenvalue weighted by molar-refractivity contribution is 9.10. The zero-order valence-electron chi connectivity index (χ0n) is 8.84. The monoisotopic (exact) mass is 305 g/mol. The van der Waals surface area contributed by atoms with Gasteiger partial charge >= 0.3 is 5.97 Å². The maximum absolute atomic E-state index is 11.0. The number of halogens is 2. The lowest BCUT2D eigenvalue weighted by Gasteiger charge is -2.22. The Bertz CT molecular complexity index is 386. The van der Waals surface area contributed by atoms with E-state index < -0.39 is 11.4 Å². The minimum atomic E-state index is -0.954. The van der Waals surface area contributed by atoms with Crippen LogP contribution in [0.2, 0.25) is 0 Å². The first-order chi connectivity index (χ1) is 7.48. The van der Waals surface area contributed by atoms with Crippen molar-refractivity contribution in [1.82, 2.24) is 0 Å². The lowest BCUT2D eigenvalue weighted by molar-refractivity contribution is -0.145. The molecule has 0 spiro atoms. The fourth-order valence-electron chi connectivity index (χ4n) is 1.08. The average molecular weight is 307 g/mol. The molecule has 0 saturated heterocycles. The van der Waals surface area contributed by atoms with Gasteiger partial charge in [0.2, 0.25) is 0 Å². The Hall–Kier alpha value is -0.740. The second-order valence-electron chi connectivity index (χ2n) is 3.86. The maximum Gasteiger partial charge on any atom is 0.312 e. The van der Waals surface area contributed by atoms with Gasteiger partial charge in [-0.05, 0) is 25.1 Å². The molecule has 0 heterocycles. The minimum Gasteiger partial charge on any atom is -0.481 e. The third kappa shape index (κ3) is 3.39. The van der Waals surface area contributed by atoms with Crippen LogP contribution < -0.4 is 5.32 Å². The Labute approximate surface area is 108 Å². The molecule has 0 fully saturated rings. The van der Waals surface area contributed by atoms with Crippen molar-refractivity contribution >= 4 is 39.2 Å². The van der Waals surface area contributed by atoms with Crippen molar-refractivity contribution in [2.45, 2.75) is 6.92 Å². The zero-order chi connectivity index (χ0) is 12.2. The molecule has 2 N–H and O–H groups in total. The van der Waals surface area contributed by atoms with Gasteiger partial charge in [0.1, 0.15) is 0 Å². The number of carboxylic acid groups (broad SMARTS) is 1. The molecule has 0 bridgehead atoms. The summed E-state index contributed by atoms with van der Waals surface area (Å²) in [6.07, 6.45) is 0. The number of carbonyl (C=O) groups is 1. The van der Waals surface area contributed by atoms with Crippen LogP contribution in [0.5, 0.6) is 0 Å². The highest BCUT2D eigenvalue weighted by atomic mass is 79.9. The topological polar surface area (TPSA) is 49.3 Å². The van der Waals surface area contributed by atoms with Gasteiger partial charge in [-0.3, -0.25) is 4.79 Å². The van der Waals surface area contributed by atoms with Gasteiger partial charge in [-0.1, -0.05) is 22.0 Å². The van der Waals surface area contributed by atoms with E-state index in [1.54, 1.807) is 6.92 Å². The molecule has 0 aliphatic heterocycles. The van der Waals surface area contributed by atoms with Crippen molar-refractivity contribution in [1.29, 1.82) is 0 Å².